The molecule has 0 fully saturated rings. The second kappa shape index (κ2) is 2.98. The van der Waals surface area contributed by atoms with Crippen LogP contribution in [0.15, 0.2) is 12.1 Å². The van der Waals surface area contributed by atoms with Crippen LogP contribution in [0.25, 0.3) is 0 Å². The Bertz CT molecular complexity index is 340. The van der Waals surface area contributed by atoms with Crippen LogP contribution < -0.4 is 5.73 Å². The highest BCUT2D eigenvalue weighted by Gasteiger charge is 2.13. The summed E-state index contributed by atoms with van der Waals surface area (Å²) in [4.78, 5) is 10.6. The summed E-state index contributed by atoms with van der Waals surface area (Å²) in [6.07, 6.45) is 0. The first-order chi connectivity index (χ1) is 5.54. The Labute approximate surface area is 72.6 Å². The lowest BCUT2D eigenvalue weighted by molar-refractivity contribution is 0.0997. The maximum Gasteiger partial charge on any atom is 0.252 e. The van der Waals surface area contributed by atoms with Crippen LogP contribution >= 0.6 is 11.6 Å². The van der Waals surface area contributed by atoms with Crippen LogP contribution in [0.2, 0.25) is 5.02 Å². The Morgan fingerprint density at radius 3 is 2.67 bits per heavy atom. The molecule has 0 aliphatic rings. The van der Waals surface area contributed by atoms with E-state index in [-0.39, 0.29) is 5.56 Å². The molecule has 3 nitrogen and oxygen atoms in total. The number of carbonyl (C=O) groups is 1. The van der Waals surface area contributed by atoms with Crippen molar-refractivity contribution >= 4 is 17.5 Å². The van der Waals surface area contributed by atoms with Crippen LogP contribution in [0.5, 0.6) is 5.75 Å². The number of carbonyl (C=O) groups excluding carboxylic acids is 1. The molecule has 3 N–H and O–H groups in total. The molecule has 0 aromatic heterocycles. The van der Waals surface area contributed by atoms with Gasteiger partial charge in [0, 0.05) is 0 Å². The Morgan fingerprint density at radius 2 is 2.17 bits per heavy atom. The largest absolute Gasteiger partial charge is 0.505 e. The molecule has 0 aliphatic carbocycles. The first-order valence-electron chi connectivity index (χ1n) is 3.01. The topological polar surface area (TPSA) is 63.3 Å². The van der Waals surface area contributed by atoms with Gasteiger partial charge in [-0.3, -0.25) is 4.79 Å². The van der Waals surface area contributed by atoms with Crippen LogP contribution in [0, 0.1) is 5.82 Å². The maximum absolute atomic E-state index is 12.6. The fraction of sp³-hybridized carbons (Fsp3) is 0. The van der Waals surface area contributed by atoms with Gasteiger partial charge in [0.05, 0.1) is 5.56 Å². The van der Waals surface area contributed by atoms with E-state index in [1.165, 1.54) is 0 Å². The number of benzene rings is 1. The molecule has 5 heteroatoms. The molecule has 0 atom stereocenters. The number of primary amides is 1. The van der Waals surface area contributed by atoms with E-state index >= 15 is 0 Å². The lowest BCUT2D eigenvalue weighted by Gasteiger charge is -2.01. The number of amides is 1. The van der Waals surface area contributed by atoms with Gasteiger partial charge in [0.2, 0.25) is 0 Å². The van der Waals surface area contributed by atoms with E-state index in [9.17, 15) is 9.18 Å². The molecule has 1 rings (SSSR count). The summed E-state index contributed by atoms with van der Waals surface area (Å²) in [5, 5.41) is 8.58. The lowest BCUT2D eigenvalue weighted by atomic mass is 10.2. The summed E-state index contributed by atoms with van der Waals surface area (Å²) in [6.45, 7) is 0. The second-order valence-electron chi connectivity index (χ2n) is 2.12. The number of halogens is 2. The summed E-state index contributed by atoms with van der Waals surface area (Å²) in [5.74, 6) is -2.27. The van der Waals surface area contributed by atoms with Crippen molar-refractivity contribution in [2.45, 2.75) is 0 Å². The maximum atomic E-state index is 12.6. The molecule has 64 valence electrons. The molecule has 0 saturated heterocycles. The predicted molar refractivity (Wildman–Crippen MR) is 41.6 cm³/mol. The molecule has 1 amide bonds. The van der Waals surface area contributed by atoms with Gasteiger partial charge in [-0.15, -0.1) is 0 Å². The molecule has 0 radical (unpaired) electrons. The third-order valence-electron chi connectivity index (χ3n) is 1.33. The van der Waals surface area contributed by atoms with Crippen molar-refractivity contribution in [3.05, 3.63) is 28.5 Å². The van der Waals surface area contributed by atoms with Crippen molar-refractivity contribution in [2.24, 2.45) is 5.73 Å². The fourth-order valence-corrected chi connectivity index (χ4v) is 0.904. The van der Waals surface area contributed by atoms with Gasteiger partial charge in [0.25, 0.3) is 5.91 Å². The van der Waals surface area contributed by atoms with Gasteiger partial charge < -0.3 is 10.8 Å². The minimum absolute atomic E-state index is 0.193. The number of phenols is 1. The molecule has 1 aromatic rings. The van der Waals surface area contributed by atoms with E-state index in [0.717, 1.165) is 12.1 Å². The van der Waals surface area contributed by atoms with Gasteiger partial charge >= 0.3 is 0 Å². The zero-order valence-corrected chi connectivity index (χ0v) is 6.60. The van der Waals surface area contributed by atoms with E-state index in [2.05, 4.69) is 0 Å². The van der Waals surface area contributed by atoms with Gasteiger partial charge in [-0.1, -0.05) is 11.6 Å². The fourth-order valence-electron chi connectivity index (χ4n) is 0.739. The molecule has 0 unspecified atom stereocenters. The minimum atomic E-state index is -0.852. The van der Waals surface area contributed by atoms with E-state index in [1.807, 2.05) is 0 Å². The first-order valence-corrected chi connectivity index (χ1v) is 3.38. The molecule has 0 aliphatic heterocycles. The summed E-state index contributed by atoms with van der Waals surface area (Å²) in [6, 6.07) is 2.03. The van der Waals surface area contributed by atoms with E-state index < -0.39 is 22.5 Å². The zero-order valence-electron chi connectivity index (χ0n) is 5.84. The minimum Gasteiger partial charge on any atom is -0.505 e. The van der Waals surface area contributed by atoms with Gasteiger partial charge in [0.15, 0.2) is 0 Å². The van der Waals surface area contributed by atoms with Crippen LogP contribution in [0.4, 0.5) is 4.39 Å². The molecule has 12 heavy (non-hydrogen) atoms. The van der Waals surface area contributed by atoms with Crippen LogP contribution in [0.1, 0.15) is 10.4 Å². The number of rotatable bonds is 1. The van der Waals surface area contributed by atoms with Crippen molar-refractivity contribution in [2.75, 3.05) is 0 Å². The molecule has 0 saturated carbocycles. The normalized spacial score (nSPS) is 9.83. The SMILES string of the molecule is NC(=O)c1ccc(F)c(Cl)c1O. The summed E-state index contributed by atoms with van der Waals surface area (Å²) in [7, 11) is 0. The molecular formula is C7H5ClFNO2. The number of aromatic hydroxyl groups is 1. The van der Waals surface area contributed by atoms with Crippen molar-refractivity contribution in [3.63, 3.8) is 0 Å². The average Bonchev–Trinajstić information content (AvgIpc) is 2.00. The second-order valence-corrected chi connectivity index (χ2v) is 2.50. The molecule has 0 heterocycles. The Morgan fingerprint density at radius 1 is 1.58 bits per heavy atom. The number of hydrogen-bond donors (Lipinski definition) is 2. The highest BCUT2D eigenvalue weighted by atomic mass is 35.5. The predicted octanol–water partition coefficient (Wildman–Crippen LogP) is 1.28. The van der Waals surface area contributed by atoms with Crippen molar-refractivity contribution < 1.29 is 14.3 Å². The van der Waals surface area contributed by atoms with E-state index in [0.29, 0.717) is 0 Å². The Hall–Kier alpha value is -1.29. The summed E-state index contributed by atoms with van der Waals surface area (Å²) < 4.78 is 12.6. The smallest absolute Gasteiger partial charge is 0.252 e. The quantitative estimate of drug-likeness (QED) is 0.699. The highest BCUT2D eigenvalue weighted by molar-refractivity contribution is 6.32. The van der Waals surface area contributed by atoms with Crippen molar-refractivity contribution in [3.8, 4) is 5.75 Å². The highest BCUT2D eigenvalue weighted by Crippen LogP contribution is 2.29. The third-order valence-corrected chi connectivity index (χ3v) is 1.69. The number of hydrogen-bond acceptors (Lipinski definition) is 2. The third kappa shape index (κ3) is 1.33. The van der Waals surface area contributed by atoms with Crippen LogP contribution in [0.3, 0.4) is 0 Å². The molecule has 0 bridgehead atoms. The Balaban J connectivity index is 3.36. The van der Waals surface area contributed by atoms with Crippen molar-refractivity contribution in [1.82, 2.24) is 0 Å². The van der Waals surface area contributed by atoms with Gasteiger partial charge in [-0.25, -0.2) is 4.39 Å². The van der Waals surface area contributed by atoms with E-state index in [4.69, 9.17) is 22.4 Å². The molecular weight excluding hydrogens is 185 g/mol. The van der Waals surface area contributed by atoms with Gasteiger partial charge in [-0.05, 0) is 12.1 Å². The first kappa shape index (κ1) is 8.80. The monoisotopic (exact) mass is 189 g/mol. The van der Waals surface area contributed by atoms with Gasteiger partial charge in [0.1, 0.15) is 16.6 Å². The summed E-state index contributed by atoms with van der Waals surface area (Å²) in [5.41, 5.74) is 4.66. The molecule has 0 spiro atoms. The molecule has 1 aromatic carbocycles. The van der Waals surface area contributed by atoms with Crippen LogP contribution in [-0.4, -0.2) is 11.0 Å². The lowest BCUT2D eigenvalue weighted by Crippen LogP contribution is -2.11. The Kier molecular flexibility index (Phi) is 2.19. The average molecular weight is 190 g/mol. The van der Waals surface area contributed by atoms with Crippen molar-refractivity contribution in [1.29, 1.82) is 0 Å². The van der Waals surface area contributed by atoms with E-state index in [1.54, 1.807) is 0 Å². The number of nitrogens with two attached hydrogens (primary N) is 1. The zero-order chi connectivity index (χ0) is 9.30. The van der Waals surface area contributed by atoms with Gasteiger partial charge in [-0.2, -0.15) is 0 Å². The summed E-state index contributed by atoms with van der Waals surface area (Å²) >= 11 is 5.29. The van der Waals surface area contributed by atoms with Crippen LogP contribution in [-0.2, 0) is 0 Å². The standard InChI is InChI=1S/C7H5ClFNO2/c8-5-4(9)2-1-3(6(5)11)7(10)12/h1-2,11H,(H2,10,12).